The maximum Gasteiger partial charge on any atom is 0.302 e. The summed E-state index contributed by atoms with van der Waals surface area (Å²) in [5.41, 5.74) is 2.08. The molecule has 164 valence electrons. The Morgan fingerprint density at radius 2 is 2.06 bits per heavy atom. The molecule has 1 aromatic carbocycles. The quantitative estimate of drug-likeness (QED) is 0.301. The van der Waals surface area contributed by atoms with Crippen LogP contribution in [0.1, 0.15) is 43.8 Å². The number of ether oxygens (including phenoxy) is 2. The van der Waals surface area contributed by atoms with Gasteiger partial charge in [0.25, 0.3) is 0 Å². The number of halogens is 1. The lowest BCUT2D eigenvalue weighted by Crippen LogP contribution is -2.11. The highest BCUT2D eigenvalue weighted by Gasteiger charge is 2.21. The number of hydrogen-bond acceptors (Lipinski definition) is 6. The van der Waals surface area contributed by atoms with Crippen molar-refractivity contribution in [2.24, 2.45) is 0 Å². The van der Waals surface area contributed by atoms with Gasteiger partial charge in [0, 0.05) is 29.2 Å². The third kappa shape index (κ3) is 6.82. The second kappa shape index (κ2) is 11.3. The Hall–Kier alpha value is -2.35. The van der Waals surface area contributed by atoms with Gasteiger partial charge in [0.2, 0.25) is 0 Å². The number of benzene rings is 1. The number of hydrogen-bond donors (Lipinski definition) is 0. The predicted octanol–water partition coefficient (Wildman–Crippen LogP) is 5.33. The van der Waals surface area contributed by atoms with Crippen LogP contribution in [0.15, 0.2) is 58.7 Å². The van der Waals surface area contributed by atoms with Gasteiger partial charge in [-0.15, -0.1) is 0 Å². The van der Waals surface area contributed by atoms with E-state index in [1.54, 1.807) is 18.0 Å². The van der Waals surface area contributed by atoms with Gasteiger partial charge in [0.15, 0.2) is 0 Å². The number of carbonyl (C=O) groups is 1. The highest BCUT2D eigenvalue weighted by Crippen LogP contribution is 2.36. The number of aromatic nitrogens is 3. The lowest BCUT2D eigenvalue weighted by molar-refractivity contribution is -0.142. The van der Waals surface area contributed by atoms with Crippen molar-refractivity contribution in [3.63, 3.8) is 0 Å². The van der Waals surface area contributed by atoms with Gasteiger partial charge in [0.05, 0.1) is 18.8 Å². The lowest BCUT2D eigenvalue weighted by Gasteiger charge is -2.14. The minimum Gasteiger partial charge on any atom is -0.463 e. The molecule has 0 bridgehead atoms. The van der Waals surface area contributed by atoms with Crippen LogP contribution >= 0.6 is 23.4 Å². The third-order valence-corrected chi connectivity index (χ3v) is 5.76. The second-order valence-corrected chi connectivity index (χ2v) is 8.77. The molecule has 0 aliphatic carbocycles. The molecule has 0 fully saturated rings. The Morgan fingerprint density at radius 3 is 2.74 bits per heavy atom. The minimum atomic E-state index is -0.316. The van der Waals surface area contributed by atoms with Gasteiger partial charge >= 0.3 is 5.97 Å². The van der Waals surface area contributed by atoms with Crippen LogP contribution in [-0.4, -0.2) is 33.7 Å². The first-order chi connectivity index (χ1) is 14.9. The molecule has 0 saturated carbocycles. The predicted molar refractivity (Wildman–Crippen MR) is 122 cm³/mol. The summed E-state index contributed by atoms with van der Waals surface area (Å²) in [6.45, 7) is 7.12. The molecule has 6 nitrogen and oxygen atoms in total. The van der Waals surface area contributed by atoms with E-state index in [4.69, 9.17) is 26.1 Å². The van der Waals surface area contributed by atoms with Crippen LogP contribution in [0.25, 0.3) is 0 Å². The molecule has 31 heavy (non-hydrogen) atoms. The molecule has 3 aromatic rings. The molecular weight excluding hydrogens is 434 g/mol. The first kappa shape index (κ1) is 23.3. The Labute approximate surface area is 192 Å². The van der Waals surface area contributed by atoms with Gasteiger partial charge in [0.1, 0.15) is 24.1 Å². The van der Waals surface area contributed by atoms with Crippen LogP contribution in [0, 0.1) is 0 Å². The summed E-state index contributed by atoms with van der Waals surface area (Å²) in [6.07, 6.45) is 3.62. The van der Waals surface area contributed by atoms with E-state index in [2.05, 4.69) is 23.4 Å². The number of imidazole rings is 1. The SMILES string of the molecule is CC(=O)OCCOCc1nc(C(C)C)c(Sc2cccc(Cl)c2)n1Cc1cccnc1. The molecule has 0 aliphatic rings. The zero-order chi connectivity index (χ0) is 22.2. The Bertz CT molecular complexity index is 1010. The number of rotatable bonds is 10. The van der Waals surface area contributed by atoms with Crippen LogP contribution in [0.2, 0.25) is 5.02 Å². The van der Waals surface area contributed by atoms with Crippen LogP contribution in [-0.2, 0) is 27.4 Å². The summed E-state index contributed by atoms with van der Waals surface area (Å²) >= 11 is 7.85. The molecule has 0 saturated heterocycles. The van der Waals surface area contributed by atoms with Gasteiger partial charge in [-0.3, -0.25) is 9.78 Å². The maximum absolute atomic E-state index is 10.9. The van der Waals surface area contributed by atoms with Gasteiger partial charge in [-0.1, -0.05) is 49.3 Å². The van der Waals surface area contributed by atoms with Crippen LogP contribution < -0.4 is 0 Å². The smallest absolute Gasteiger partial charge is 0.302 e. The first-order valence-electron chi connectivity index (χ1n) is 10.1. The number of nitrogens with zero attached hydrogens (tertiary/aromatic N) is 3. The van der Waals surface area contributed by atoms with Crippen molar-refractivity contribution < 1.29 is 14.3 Å². The second-order valence-electron chi connectivity index (χ2n) is 7.27. The summed E-state index contributed by atoms with van der Waals surface area (Å²) in [7, 11) is 0. The van der Waals surface area contributed by atoms with Gasteiger partial charge in [-0.05, 0) is 35.7 Å². The fourth-order valence-corrected chi connectivity index (χ4v) is 4.46. The van der Waals surface area contributed by atoms with E-state index >= 15 is 0 Å². The highest BCUT2D eigenvalue weighted by atomic mass is 35.5. The molecule has 0 spiro atoms. The zero-order valence-corrected chi connectivity index (χ0v) is 19.4. The zero-order valence-electron chi connectivity index (χ0n) is 17.9. The fraction of sp³-hybridized carbons (Fsp3) is 0.348. The Balaban J connectivity index is 1.91. The summed E-state index contributed by atoms with van der Waals surface area (Å²) < 4.78 is 12.9. The molecule has 0 atom stereocenters. The standard InChI is InChI=1S/C23H26ClN3O3S/c1-16(2)22-23(31-20-8-4-7-19(24)12-20)27(14-18-6-5-9-25-13-18)21(26-22)15-29-10-11-30-17(3)28/h4-9,12-13,16H,10-11,14-15H2,1-3H3. The van der Waals surface area contributed by atoms with Crippen molar-refractivity contribution in [3.8, 4) is 0 Å². The topological polar surface area (TPSA) is 66.2 Å². The summed E-state index contributed by atoms with van der Waals surface area (Å²) in [6, 6.07) is 11.8. The normalized spacial score (nSPS) is 11.1. The van der Waals surface area contributed by atoms with E-state index in [0.29, 0.717) is 24.8 Å². The van der Waals surface area contributed by atoms with E-state index in [9.17, 15) is 4.79 Å². The first-order valence-corrected chi connectivity index (χ1v) is 11.3. The van der Waals surface area contributed by atoms with Gasteiger partial charge in [-0.25, -0.2) is 4.98 Å². The van der Waals surface area contributed by atoms with Crippen molar-refractivity contribution in [1.82, 2.24) is 14.5 Å². The van der Waals surface area contributed by atoms with E-state index in [-0.39, 0.29) is 18.5 Å². The molecule has 0 aliphatic heterocycles. The molecule has 0 N–H and O–H groups in total. The number of carbonyl (C=O) groups excluding carboxylic acids is 1. The highest BCUT2D eigenvalue weighted by molar-refractivity contribution is 7.99. The minimum absolute atomic E-state index is 0.222. The monoisotopic (exact) mass is 459 g/mol. The molecule has 0 radical (unpaired) electrons. The van der Waals surface area contributed by atoms with Crippen molar-refractivity contribution in [3.05, 3.63) is 70.9 Å². The lowest BCUT2D eigenvalue weighted by atomic mass is 10.1. The summed E-state index contributed by atoms with van der Waals surface area (Å²) in [5.74, 6) is 0.737. The fourth-order valence-electron chi connectivity index (χ4n) is 2.98. The Morgan fingerprint density at radius 1 is 1.23 bits per heavy atom. The average Bonchev–Trinajstić information content (AvgIpc) is 3.06. The van der Waals surface area contributed by atoms with E-state index in [1.165, 1.54) is 6.92 Å². The number of esters is 1. The van der Waals surface area contributed by atoms with Crippen molar-refractivity contribution >= 4 is 29.3 Å². The van der Waals surface area contributed by atoms with Crippen LogP contribution in [0.5, 0.6) is 0 Å². The molecule has 0 unspecified atom stereocenters. The maximum atomic E-state index is 10.9. The molecule has 3 rings (SSSR count). The van der Waals surface area contributed by atoms with Crippen molar-refractivity contribution in [1.29, 1.82) is 0 Å². The van der Waals surface area contributed by atoms with Gasteiger partial charge in [-0.2, -0.15) is 0 Å². The summed E-state index contributed by atoms with van der Waals surface area (Å²) in [5, 5.41) is 1.75. The van der Waals surface area contributed by atoms with Crippen molar-refractivity contribution in [2.45, 2.75) is 49.8 Å². The molecule has 0 amide bonds. The average molecular weight is 460 g/mol. The van der Waals surface area contributed by atoms with E-state index in [1.807, 2.05) is 42.6 Å². The summed E-state index contributed by atoms with van der Waals surface area (Å²) in [4.78, 5) is 21.1. The van der Waals surface area contributed by atoms with Crippen LogP contribution in [0.3, 0.4) is 0 Å². The van der Waals surface area contributed by atoms with Crippen LogP contribution in [0.4, 0.5) is 0 Å². The van der Waals surface area contributed by atoms with E-state index < -0.39 is 0 Å². The molecule has 2 aromatic heterocycles. The number of pyridine rings is 1. The molecule has 8 heteroatoms. The molecule has 2 heterocycles. The van der Waals surface area contributed by atoms with Crippen molar-refractivity contribution in [2.75, 3.05) is 13.2 Å². The Kier molecular flexibility index (Phi) is 8.51. The third-order valence-electron chi connectivity index (χ3n) is 4.41. The van der Waals surface area contributed by atoms with Gasteiger partial charge < -0.3 is 14.0 Å². The van der Waals surface area contributed by atoms with E-state index in [0.717, 1.165) is 27.0 Å². The molecular formula is C23H26ClN3O3S. The largest absolute Gasteiger partial charge is 0.463 e.